The van der Waals surface area contributed by atoms with Gasteiger partial charge in [-0.2, -0.15) is 5.10 Å². The maximum atomic E-state index is 10.9. The first kappa shape index (κ1) is 10.4. The van der Waals surface area contributed by atoms with E-state index in [-0.39, 0.29) is 5.82 Å². The van der Waals surface area contributed by atoms with E-state index < -0.39 is 5.97 Å². The predicted molar refractivity (Wildman–Crippen MR) is 57.3 cm³/mol. The molecular formula is C11H11N3O2. The number of nitrogens with zero attached hydrogens (tertiary/aromatic N) is 3. The second kappa shape index (κ2) is 4.14. The van der Waals surface area contributed by atoms with Crippen LogP contribution in [0.3, 0.4) is 0 Å². The Morgan fingerprint density at radius 2 is 2.06 bits per heavy atom. The summed E-state index contributed by atoms with van der Waals surface area (Å²) in [4.78, 5) is 14.8. The summed E-state index contributed by atoms with van der Waals surface area (Å²) in [6.07, 6.45) is 0. The normalized spacial score (nSPS) is 10.3. The van der Waals surface area contributed by atoms with E-state index in [1.807, 2.05) is 30.3 Å². The molecule has 5 nitrogen and oxygen atoms in total. The lowest BCUT2D eigenvalue weighted by Crippen LogP contribution is -2.11. The Kier molecular flexibility index (Phi) is 2.68. The first-order valence-electron chi connectivity index (χ1n) is 4.85. The topological polar surface area (TPSA) is 68.0 Å². The number of hydrogen-bond acceptors (Lipinski definition) is 3. The Morgan fingerprint density at radius 1 is 1.38 bits per heavy atom. The highest BCUT2D eigenvalue weighted by Gasteiger charge is 2.14. The number of carbonyl (C=O) groups is 1. The minimum atomic E-state index is -1.06. The zero-order chi connectivity index (χ0) is 11.5. The Morgan fingerprint density at radius 3 is 2.69 bits per heavy atom. The molecular weight excluding hydrogens is 206 g/mol. The number of rotatable bonds is 3. The molecule has 0 aliphatic heterocycles. The Bertz CT molecular complexity index is 505. The number of benzene rings is 1. The largest absolute Gasteiger partial charge is 0.475 e. The molecule has 0 saturated heterocycles. The monoisotopic (exact) mass is 217 g/mol. The van der Waals surface area contributed by atoms with E-state index in [4.69, 9.17) is 5.11 Å². The van der Waals surface area contributed by atoms with Crippen LogP contribution in [0.2, 0.25) is 0 Å². The third-order valence-corrected chi connectivity index (χ3v) is 2.14. The molecule has 0 bridgehead atoms. The maximum absolute atomic E-state index is 10.9. The summed E-state index contributed by atoms with van der Waals surface area (Å²) < 4.78 is 1.40. The van der Waals surface area contributed by atoms with Gasteiger partial charge in [-0.1, -0.05) is 30.3 Å². The number of aromatic carboxylic acids is 1. The summed E-state index contributed by atoms with van der Waals surface area (Å²) in [5, 5.41) is 13.0. The molecule has 2 rings (SSSR count). The van der Waals surface area contributed by atoms with E-state index in [0.717, 1.165) is 5.56 Å². The van der Waals surface area contributed by atoms with Gasteiger partial charge in [0.2, 0.25) is 5.82 Å². The molecule has 0 unspecified atom stereocenters. The molecule has 0 aliphatic rings. The quantitative estimate of drug-likeness (QED) is 0.842. The standard InChI is InChI=1S/C11H11N3O2/c1-8-12-10(11(15)16)14(13-8)7-9-5-3-2-4-6-9/h2-6H,7H2,1H3,(H,15,16). The van der Waals surface area contributed by atoms with Crippen LogP contribution in [0.4, 0.5) is 0 Å². The Balaban J connectivity index is 2.31. The van der Waals surface area contributed by atoms with Crippen LogP contribution >= 0.6 is 0 Å². The Labute approximate surface area is 92.4 Å². The SMILES string of the molecule is Cc1nc(C(=O)O)n(Cc2ccccc2)n1. The van der Waals surface area contributed by atoms with Crippen LogP contribution in [0.1, 0.15) is 22.0 Å². The van der Waals surface area contributed by atoms with Gasteiger partial charge in [0.15, 0.2) is 0 Å². The summed E-state index contributed by atoms with van der Waals surface area (Å²) in [6.45, 7) is 2.09. The van der Waals surface area contributed by atoms with Crippen LogP contribution in [0.15, 0.2) is 30.3 Å². The molecule has 0 aliphatic carbocycles. The van der Waals surface area contributed by atoms with Crippen molar-refractivity contribution in [3.8, 4) is 0 Å². The number of aromatic nitrogens is 3. The van der Waals surface area contributed by atoms with Crippen LogP contribution in [0, 0.1) is 6.92 Å². The van der Waals surface area contributed by atoms with Gasteiger partial charge < -0.3 is 5.11 Å². The van der Waals surface area contributed by atoms with Crippen molar-refractivity contribution >= 4 is 5.97 Å². The number of carboxylic acids is 1. The minimum absolute atomic E-state index is 0.0265. The van der Waals surface area contributed by atoms with E-state index in [9.17, 15) is 4.79 Å². The fourth-order valence-corrected chi connectivity index (χ4v) is 1.48. The van der Waals surface area contributed by atoms with Gasteiger partial charge in [0, 0.05) is 0 Å². The zero-order valence-electron chi connectivity index (χ0n) is 8.79. The van der Waals surface area contributed by atoms with Crippen LogP contribution in [-0.2, 0) is 6.54 Å². The third kappa shape index (κ3) is 2.08. The first-order valence-corrected chi connectivity index (χ1v) is 4.85. The molecule has 16 heavy (non-hydrogen) atoms. The van der Waals surface area contributed by atoms with Gasteiger partial charge in [-0.05, 0) is 12.5 Å². The van der Waals surface area contributed by atoms with E-state index >= 15 is 0 Å². The van der Waals surface area contributed by atoms with E-state index in [1.54, 1.807) is 6.92 Å². The molecule has 1 aromatic carbocycles. The molecule has 5 heteroatoms. The highest BCUT2D eigenvalue weighted by Crippen LogP contribution is 2.05. The van der Waals surface area contributed by atoms with Gasteiger partial charge in [0.1, 0.15) is 5.82 Å². The van der Waals surface area contributed by atoms with Crippen molar-refractivity contribution in [1.29, 1.82) is 0 Å². The average molecular weight is 217 g/mol. The molecule has 0 radical (unpaired) electrons. The van der Waals surface area contributed by atoms with Crippen LogP contribution in [0.5, 0.6) is 0 Å². The molecule has 1 heterocycles. The molecule has 0 spiro atoms. The van der Waals surface area contributed by atoms with Crippen LogP contribution < -0.4 is 0 Å². The predicted octanol–water partition coefficient (Wildman–Crippen LogP) is 1.33. The van der Waals surface area contributed by atoms with Gasteiger partial charge in [-0.25, -0.2) is 14.5 Å². The molecule has 0 fully saturated rings. The molecule has 2 aromatic rings. The lowest BCUT2D eigenvalue weighted by Gasteiger charge is -2.02. The van der Waals surface area contributed by atoms with Crippen molar-refractivity contribution < 1.29 is 9.90 Å². The third-order valence-electron chi connectivity index (χ3n) is 2.14. The second-order valence-corrected chi connectivity index (χ2v) is 3.43. The summed E-state index contributed by atoms with van der Waals surface area (Å²) in [6, 6.07) is 9.55. The molecule has 1 aromatic heterocycles. The highest BCUT2D eigenvalue weighted by molar-refractivity contribution is 5.83. The smallest absolute Gasteiger partial charge is 0.373 e. The van der Waals surface area contributed by atoms with Crippen molar-refractivity contribution in [3.63, 3.8) is 0 Å². The molecule has 1 N–H and O–H groups in total. The lowest BCUT2D eigenvalue weighted by atomic mass is 10.2. The van der Waals surface area contributed by atoms with Crippen molar-refractivity contribution in [3.05, 3.63) is 47.5 Å². The Hall–Kier alpha value is -2.17. The van der Waals surface area contributed by atoms with Crippen LogP contribution in [0.25, 0.3) is 0 Å². The molecule has 82 valence electrons. The van der Waals surface area contributed by atoms with Crippen molar-refractivity contribution in [2.24, 2.45) is 0 Å². The second-order valence-electron chi connectivity index (χ2n) is 3.43. The lowest BCUT2D eigenvalue weighted by molar-refractivity contribution is 0.0677. The zero-order valence-corrected chi connectivity index (χ0v) is 8.79. The minimum Gasteiger partial charge on any atom is -0.475 e. The number of hydrogen-bond donors (Lipinski definition) is 1. The van der Waals surface area contributed by atoms with Crippen molar-refractivity contribution in [2.45, 2.75) is 13.5 Å². The maximum Gasteiger partial charge on any atom is 0.373 e. The summed E-state index contributed by atoms with van der Waals surface area (Å²) in [5.41, 5.74) is 0.995. The van der Waals surface area contributed by atoms with E-state index in [0.29, 0.717) is 12.4 Å². The molecule has 0 amide bonds. The number of aryl methyl sites for hydroxylation is 1. The fraction of sp³-hybridized carbons (Fsp3) is 0.182. The van der Waals surface area contributed by atoms with E-state index in [2.05, 4.69) is 10.1 Å². The average Bonchev–Trinajstić information content (AvgIpc) is 2.61. The summed E-state index contributed by atoms with van der Waals surface area (Å²) in [5.74, 6) is -0.619. The molecule has 0 saturated carbocycles. The van der Waals surface area contributed by atoms with Gasteiger partial charge in [-0.3, -0.25) is 0 Å². The fourth-order valence-electron chi connectivity index (χ4n) is 1.48. The number of carboxylic acid groups (broad SMARTS) is 1. The summed E-state index contributed by atoms with van der Waals surface area (Å²) in [7, 11) is 0. The highest BCUT2D eigenvalue weighted by atomic mass is 16.4. The van der Waals surface area contributed by atoms with Gasteiger partial charge >= 0.3 is 5.97 Å². The van der Waals surface area contributed by atoms with E-state index in [1.165, 1.54) is 4.68 Å². The van der Waals surface area contributed by atoms with Gasteiger partial charge in [0.05, 0.1) is 6.54 Å². The van der Waals surface area contributed by atoms with Crippen molar-refractivity contribution in [1.82, 2.24) is 14.8 Å². The van der Waals surface area contributed by atoms with Crippen LogP contribution in [-0.4, -0.2) is 25.8 Å². The van der Waals surface area contributed by atoms with Crippen molar-refractivity contribution in [2.75, 3.05) is 0 Å². The summed E-state index contributed by atoms with van der Waals surface area (Å²) >= 11 is 0. The van der Waals surface area contributed by atoms with Gasteiger partial charge in [0.25, 0.3) is 0 Å². The first-order chi connectivity index (χ1) is 7.66. The van der Waals surface area contributed by atoms with Gasteiger partial charge in [-0.15, -0.1) is 0 Å². The molecule has 0 atom stereocenters.